The molecule has 1 aromatic rings. The summed E-state index contributed by atoms with van der Waals surface area (Å²) in [5, 5.41) is 12.9. The number of carbonyl (C=O) groups excluding carboxylic acids is 1. The summed E-state index contributed by atoms with van der Waals surface area (Å²) in [5.41, 5.74) is -1.94. The summed E-state index contributed by atoms with van der Waals surface area (Å²) < 4.78 is 33.5. The van der Waals surface area contributed by atoms with Gasteiger partial charge in [-0.15, -0.1) is 0 Å². The number of halogens is 2. The second kappa shape index (κ2) is 5.98. The average molecular weight is 329 g/mol. The molecule has 1 fully saturated rings. The van der Waals surface area contributed by atoms with Gasteiger partial charge in [0.25, 0.3) is 5.69 Å². The number of benzene rings is 1. The fourth-order valence-electron chi connectivity index (χ4n) is 2.25. The van der Waals surface area contributed by atoms with Crippen LogP contribution in [-0.2, 0) is 4.74 Å². The monoisotopic (exact) mass is 329 g/mol. The van der Waals surface area contributed by atoms with E-state index in [4.69, 9.17) is 4.74 Å². The van der Waals surface area contributed by atoms with E-state index >= 15 is 0 Å². The second-order valence-electron chi connectivity index (χ2n) is 6.10. The molecular formula is C14H17F2N3O4. The first kappa shape index (κ1) is 16.9. The summed E-state index contributed by atoms with van der Waals surface area (Å²) in [5.74, 6) is -2.21. The number of hydrogen-bond acceptors (Lipinski definition) is 5. The van der Waals surface area contributed by atoms with E-state index in [1.54, 1.807) is 20.8 Å². The van der Waals surface area contributed by atoms with Crippen LogP contribution >= 0.6 is 0 Å². The maximum Gasteiger partial charge on any atom is 0.429 e. The van der Waals surface area contributed by atoms with Gasteiger partial charge in [0, 0.05) is 13.1 Å². The Morgan fingerprint density at radius 3 is 2.30 bits per heavy atom. The van der Waals surface area contributed by atoms with Crippen molar-refractivity contribution in [1.82, 2.24) is 5.01 Å². The third kappa shape index (κ3) is 3.66. The SMILES string of the molecule is CC(C)(C)OC(=O)N1CCCN1c1c(F)cc([N+](=O)[O-])cc1F. The number of nitro groups is 1. The van der Waals surface area contributed by atoms with Crippen LogP contribution in [0.5, 0.6) is 0 Å². The number of nitro benzene ring substituents is 1. The molecule has 1 aliphatic rings. The van der Waals surface area contributed by atoms with Crippen LogP contribution in [0.2, 0.25) is 0 Å². The zero-order valence-corrected chi connectivity index (χ0v) is 13.0. The van der Waals surface area contributed by atoms with Crippen LogP contribution in [0.1, 0.15) is 27.2 Å². The molecule has 1 saturated heterocycles. The van der Waals surface area contributed by atoms with E-state index in [0.717, 1.165) is 10.0 Å². The van der Waals surface area contributed by atoms with Gasteiger partial charge in [0.1, 0.15) is 11.3 Å². The summed E-state index contributed by atoms with van der Waals surface area (Å²) in [4.78, 5) is 21.9. The normalized spacial score (nSPS) is 15.0. The van der Waals surface area contributed by atoms with Gasteiger partial charge < -0.3 is 4.74 Å². The van der Waals surface area contributed by atoms with Gasteiger partial charge in [0.15, 0.2) is 11.6 Å². The highest BCUT2D eigenvalue weighted by molar-refractivity contribution is 5.72. The summed E-state index contributed by atoms with van der Waals surface area (Å²) in [6.45, 7) is 5.48. The number of hydrogen-bond donors (Lipinski definition) is 0. The summed E-state index contributed by atoms with van der Waals surface area (Å²) in [6, 6.07) is 1.26. The number of anilines is 1. The number of amides is 1. The summed E-state index contributed by atoms with van der Waals surface area (Å²) >= 11 is 0. The van der Waals surface area contributed by atoms with Gasteiger partial charge in [0.2, 0.25) is 0 Å². The molecule has 0 aliphatic carbocycles. The van der Waals surface area contributed by atoms with Crippen molar-refractivity contribution in [3.05, 3.63) is 33.9 Å². The molecule has 126 valence electrons. The Kier molecular flexibility index (Phi) is 4.39. The Labute approximate surface area is 131 Å². The fraction of sp³-hybridized carbons (Fsp3) is 0.500. The highest BCUT2D eigenvalue weighted by Gasteiger charge is 2.34. The minimum Gasteiger partial charge on any atom is -0.442 e. The van der Waals surface area contributed by atoms with Gasteiger partial charge in [-0.3, -0.25) is 15.1 Å². The molecule has 1 amide bonds. The van der Waals surface area contributed by atoms with Crippen LogP contribution in [0, 0.1) is 21.7 Å². The number of ether oxygens (including phenoxy) is 1. The molecule has 1 aromatic carbocycles. The van der Waals surface area contributed by atoms with Crippen molar-refractivity contribution in [2.24, 2.45) is 0 Å². The number of hydrazine groups is 1. The molecule has 0 radical (unpaired) electrons. The van der Waals surface area contributed by atoms with Crippen molar-refractivity contribution >= 4 is 17.5 Å². The van der Waals surface area contributed by atoms with Crippen molar-refractivity contribution in [2.75, 3.05) is 18.1 Å². The third-order valence-corrected chi connectivity index (χ3v) is 3.11. The van der Waals surface area contributed by atoms with E-state index < -0.39 is 39.6 Å². The van der Waals surface area contributed by atoms with Crippen molar-refractivity contribution in [1.29, 1.82) is 0 Å². The topological polar surface area (TPSA) is 75.9 Å². The largest absolute Gasteiger partial charge is 0.442 e. The second-order valence-corrected chi connectivity index (χ2v) is 6.10. The molecule has 9 heteroatoms. The Morgan fingerprint density at radius 2 is 1.83 bits per heavy atom. The first-order valence-corrected chi connectivity index (χ1v) is 7.01. The minimum absolute atomic E-state index is 0.199. The van der Waals surface area contributed by atoms with Gasteiger partial charge in [-0.2, -0.15) is 0 Å². The van der Waals surface area contributed by atoms with Crippen LogP contribution in [0.4, 0.5) is 25.0 Å². The lowest BCUT2D eigenvalue weighted by atomic mass is 10.2. The zero-order valence-electron chi connectivity index (χ0n) is 13.0. The Balaban J connectivity index is 2.33. The third-order valence-electron chi connectivity index (χ3n) is 3.11. The molecule has 2 rings (SSSR count). The summed E-state index contributed by atoms with van der Waals surface area (Å²) in [6.07, 6.45) is -0.234. The van der Waals surface area contributed by atoms with Gasteiger partial charge in [-0.25, -0.2) is 18.6 Å². The first-order valence-electron chi connectivity index (χ1n) is 7.01. The maximum atomic E-state index is 14.1. The minimum atomic E-state index is -1.10. The van der Waals surface area contributed by atoms with Crippen molar-refractivity contribution < 1.29 is 23.2 Å². The molecule has 23 heavy (non-hydrogen) atoms. The Morgan fingerprint density at radius 1 is 1.26 bits per heavy atom. The molecule has 0 bridgehead atoms. The summed E-state index contributed by atoms with van der Waals surface area (Å²) in [7, 11) is 0. The number of non-ortho nitro benzene ring substituents is 1. The molecule has 1 heterocycles. The number of carbonyl (C=O) groups is 1. The predicted molar refractivity (Wildman–Crippen MR) is 77.9 cm³/mol. The van der Waals surface area contributed by atoms with Crippen LogP contribution in [-0.4, -0.2) is 34.7 Å². The smallest absolute Gasteiger partial charge is 0.429 e. The van der Waals surface area contributed by atoms with Crippen LogP contribution in [0.15, 0.2) is 12.1 Å². The van der Waals surface area contributed by atoms with Crippen LogP contribution in [0.25, 0.3) is 0 Å². The number of nitrogens with zero attached hydrogens (tertiary/aromatic N) is 3. The molecule has 0 spiro atoms. The van der Waals surface area contributed by atoms with Crippen molar-refractivity contribution in [2.45, 2.75) is 32.8 Å². The lowest BCUT2D eigenvalue weighted by molar-refractivity contribution is -0.385. The lowest BCUT2D eigenvalue weighted by Gasteiger charge is -2.32. The van der Waals surface area contributed by atoms with Gasteiger partial charge in [-0.1, -0.05) is 0 Å². The molecule has 0 aromatic heterocycles. The Bertz CT molecular complexity index is 622. The van der Waals surface area contributed by atoms with E-state index in [2.05, 4.69) is 0 Å². The molecule has 1 aliphatic heterocycles. The Hall–Kier alpha value is -2.45. The first-order chi connectivity index (χ1) is 10.6. The molecular weight excluding hydrogens is 312 g/mol. The average Bonchev–Trinajstić information content (AvgIpc) is 2.84. The zero-order chi connectivity index (χ0) is 17.4. The molecule has 0 N–H and O–H groups in total. The maximum absolute atomic E-state index is 14.1. The van der Waals surface area contributed by atoms with Crippen molar-refractivity contribution in [3.8, 4) is 0 Å². The lowest BCUT2D eigenvalue weighted by Crippen LogP contribution is -2.44. The van der Waals surface area contributed by atoms with Gasteiger partial charge in [0.05, 0.1) is 17.1 Å². The van der Waals surface area contributed by atoms with Crippen molar-refractivity contribution in [3.63, 3.8) is 0 Å². The predicted octanol–water partition coefficient (Wildman–Crippen LogP) is 3.24. The van der Waals surface area contributed by atoms with E-state index in [-0.39, 0.29) is 13.1 Å². The highest BCUT2D eigenvalue weighted by Crippen LogP contribution is 2.32. The molecule has 0 unspecified atom stereocenters. The van der Waals surface area contributed by atoms with E-state index in [1.165, 1.54) is 0 Å². The molecule has 0 atom stereocenters. The molecule has 7 nitrogen and oxygen atoms in total. The van der Waals surface area contributed by atoms with Crippen LogP contribution < -0.4 is 5.01 Å². The quantitative estimate of drug-likeness (QED) is 0.615. The van der Waals surface area contributed by atoms with E-state index in [1.807, 2.05) is 0 Å². The highest BCUT2D eigenvalue weighted by atomic mass is 19.1. The van der Waals surface area contributed by atoms with Crippen LogP contribution in [0.3, 0.4) is 0 Å². The van der Waals surface area contributed by atoms with E-state index in [9.17, 15) is 23.7 Å². The van der Waals surface area contributed by atoms with Gasteiger partial charge >= 0.3 is 6.09 Å². The molecule has 0 saturated carbocycles. The fourth-order valence-corrected chi connectivity index (χ4v) is 2.25. The standard InChI is InChI=1S/C14H17F2N3O4/c1-14(2,3)23-13(20)18-6-4-5-17(18)12-10(15)7-9(19(21)22)8-11(12)16/h7-8H,4-6H2,1-3H3. The van der Waals surface area contributed by atoms with E-state index in [0.29, 0.717) is 18.6 Å². The number of rotatable bonds is 2. The van der Waals surface area contributed by atoms with Gasteiger partial charge in [-0.05, 0) is 27.2 Å².